The predicted octanol–water partition coefficient (Wildman–Crippen LogP) is 1.88. The molecule has 2 N–H and O–H groups in total. The van der Waals surface area contributed by atoms with Gasteiger partial charge in [-0.3, -0.25) is 0 Å². The topological polar surface area (TPSA) is 89.0 Å². The molecule has 0 saturated carbocycles. The number of tetrazole rings is 1. The van der Waals surface area contributed by atoms with E-state index in [0.29, 0.717) is 11.7 Å². The second-order valence-electron chi connectivity index (χ2n) is 5.29. The van der Waals surface area contributed by atoms with E-state index in [2.05, 4.69) is 20.8 Å². The highest BCUT2D eigenvalue weighted by molar-refractivity contribution is 5.38. The van der Waals surface area contributed by atoms with Gasteiger partial charge in [-0.25, -0.2) is 0 Å². The van der Waals surface area contributed by atoms with E-state index in [1.165, 1.54) is 0 Å². The SMILES string of the molecule is Cc1ccc(C(C)(O)CNc2nnnn2-c2ccccc2)o1. The molecule has 0 aliphatic carbocycles. The Kier molecular flexibility index (Phi) is 3.64. The maximum absolute atomic E-state index is 10.5. The highest BCUT2D eigenvalue weighted by Gasteiger charge is 2.27. The van der Waals surface area contributed by atoms with Crippen LogP contribution in [-0.4, -0.2) is 31.9 Å². The zero-order chi connectivity index (χ0) is 15.6. The average molecular weight is 299 g/mol. The maximum Gasteiger partial charge on any atom is 0.247 e. The lowest BCUT2D eigenvalue weighted by Gasteiger charge is -2.21. The van der Waals surface area contributed by atoms with Crippen LogP contribution in [0, 0.1) is 6.92 Å². The molecular weight excluding hydrogens is 282 g/mol. The monoisotopic (exact) mass is 299 g/mol. The minimum absolute atomic E-state index is 0.215. The van der Waals surface area contributed by atoms with Gasteiger partial charge in [0.1, 0.15) is 17.1 Å². The first kappa shape index (κ1) is 14.3. The van der Waals surface area contributed by atoms with Crippen LogP contribution in [0.4, 0.5) is 5.95 Å². The van der Waals surface area contributed by atoms with Crippen molar-refractivity contribution in [3.05, 3.63) is 54.0 Å². The van der Waals surface area contributed by atoms with E-state index in [0.717, 1.165) is 11.4 Å². The van der Waals surface area contributed by atoms with Crippen molar-refractivity contribution in [3.8, 4) is 5.69 Å². The van der Waals surface area contributed by atoms with Crippen molar-refractivity contribution in [3.63, 3.8) is 0 Å². The molecule has 2 heterocycles. The van der Waals surface area contributed by atoms with Crippen LogP contribution in [-0.2, 0) is 5.60 Å². The molecule has 0 amide bonds. The molecule has 0 spiro atoms. The molecule has 7 nitrogen and oxygen atoms in total. The summed E-state index contributed by atoms with van der Waals surface area (Å²) in [4.78, 5) is 0. The van der Waals surface area contributed by atoms with Crippen molar-refractivity contribution in [2.24, 2.45) is 0 Å². The minimum atomic E-state index is -1.16. The first-order valence-corrected chi connectivity index (χ1v) is 6.93. The summed E-state index contributed by atoms with van der Waals surface area (Å²) in [5.41, 5.74) is -0.328. The molecule has 0 bridgehead atoms. The fourth-order valence-corrected chi connectivity index (χ4v) is 2.10. The molecule has 3 aromatic rings. The van der Waals surface area contributed by atoms with E-state index in [1.54, 1.807) is 17.7 Å². The van der Waals surface area contributed by atoms with Crippen LogP contribution in [0.25, 0.3) is 5.69 Å². The fraction of sp³-hybridized carbons (Fsp3) is 0.267. The Morgan fingerprint density at radius 1 is 1.23 bits per heavy atom. The van der Waals surface area contributed by atoms with Gasteiger partial charge >= 0.3 is 0 Å². The van der Waals surface area contributed by atoms with Crippen molar-refractivity contribution in [1.29, 1.82) is 0 Å². The fourth-order valence-electron chi connectivity index (χ4n) is 2.10. The number of rotatable bonds is 5. The third-order valence-corrected chi connectivity index (χ3v) is 3.33. The number of benzene rings is 1. The van der Waals surface area contributed by atoms with Gasteiger partial charge < -0.3 is 14.8 Å². The molecule has 0 radical (unpaired) electrons. The van der Waals surface area contributed by atoms with E-state index in [9.17, 15) is 5.11 Å². The molecule has 1 atom stereocenters. The molecule has 2 aromatic heterocycles. The Hall–Kier alpha value is -2.67. The Balaban J connectivity index is 1.76. The second kappa shape index (κ2) is 5.61. The average Bonchev–Trinajstić information content (AvgIpc) is 3.15. The van der Waals surface area contributed by atoms with Crippen LogP contribution in [0.5, 0.6) is 0 Å². The molecule has 0 aliphatic heterocycles. The molecular formula is C15H17N5O2. The van der Waals surface area contributed by atoms with Gasteiger partial charge in [-0.1, -0.05) is 23.3 Å². The molecule has 0 saturated heterocycles. The quantitative estimate of drug-likeness (QED) is 0.748. The normalized spacial score (nSPS) is 13.8. The maximum atomic E-state index is 10.5. The number of aliphatic hydroxyl groups is 1. The third-order valence-electron chi connectivity index (χ3n) is 3.33. The van der Waals surface area contributed by atoms with Crippen molar-refractivity contribution < 1.29 is 9.52 Å². The number of anilines is 1. The first-order chi connectivity index (χ1) is 10.6. The Morgan fingerprint density at radius 2 is 2.00 bits per heavy atom. The summed E-state index contributed by atoms with van der Waals surface area (Å²) in [5, 5.41) is 25.1. The molecule has 0 aliphatic rings. The molecule has 114 valence electrons. The van der Waals surface area contributed by atoms with Gasteiger partial charge in [0.2, 0.25) is 5.95 Å². The molecule has 1 unspecified atom stereocenters. The summed E-state index contributed by atoms with van der Waals surface area (Å²) in [6.07, 6.45) is 0. The number of furan rings is 1. The zero-order valence-corrected chi connectivity index (χ0v) is 12.4. The van der Waals surface area contributed by atoms with E-state index in [-0.39, 0.29) is 6.54 Å². The first-order valence-electron chi connectivity index (χ1n) is 6.93. The van der Waals surface area contributed by atoms with Gasteiger partial charge in [0.15, 0.2) is 0 Å². The summed E-state index contributed by atoms with van der Waals surface area (Å²) in [7, 11) is 0. The van der Waals surface area contributed by atoms with E-state index < -0.39 is 5.60 Å². The van der Waals surface area contributed by atoms with Gasteiger partial charge in [-0.05, 0) is 48.5 Å². The third kappa shape index (κ3) is 2.84. The van der Waals surface area contributed by atoms with Crippen LogP contribution in [0.1, 0.15) is 18.4 Å². The number of nitrogens with one attached hydrogen (secondary N) is 1. The highest BCUT2D eigenvalue weighted by atomic mass is 16.4. The van der Waals surface area contributed by atoms with E-state index in [1.807, 2.05) is 43.3 Å². The van der Waals surface area contributed by atoms with Crippen molar-refractivity contribution in [2.75, 3.05) is 11.9 Å². The molecule has 0 fully saturated rings. The van der Waals surface area contributed by atoms with Gasteiger partial charge in [0.05, 0.1) is 12.2 Å². The lowest BCUT2D eigenvalue weighted by Crippen LogP contribution is -2.31. The largest absolute Gasteiger partial charge is 0.463 e. The van der Waals surface area contributed by atoms with Crippen molar-refractivity contribution in [1.82, 2.24) is 20.2 Å². The van der Waals surface area contributed by atoms with Gasteiger partial charge in [-0.2, -0.15) is 4.68 Å². The van der Waals surface area contributed by atoms with E-state index >= 15 is 0 Å². The van der Waals surface area contributed by atoms with Crippen LogP contribution in [0.3, 0.4) is 0 Å². The number of nitrogens with zero attached hydrogens (tertiary/aromatic N) is 4. The second-order valence-corrected chi connectivity index (χ2v) is 5.29. The summed E-state index contributed by atoms with van der Waals surface area (Å²) < 4.78 is 7.06. The number of aryl methyl sites for hydroxylation is 1. The van der Waals surface area contributed by atoms with Crippen LogP contribution >= 0.6 is 0 Å². The summed E-state index contributed by atoms with van der Waals surface area (Å²) in [5.74, 6) is 1.70. The zero-order valence-electron chi connectivity index (χ0n) is 12.4. The number of aromatic nitrogens is 4. The summed E-state index contributed by atoms with van der Waals surface area (Å²) in [6, 6.07) is 13.1. The van der Waals surface area contributed by atoms with Gasteiger partial charge in [0.25, 0.3) is 0 Å². The lowest BCUT2D eigenvalue weighted by atomic mass is 10.0. The highest BCUT2D eigenvalue weighted by Crippen LogP contribution is 2.23. The minimum Gasteiger partial charge on any atom is -0.463 e. The Morgan fingerprint density at radius 3 is 2.68 bits per heavy atom. The molecule has 1 aromatic carbocycles. The number of hydrogen-bond acceptors (Lipinski definition) is 6. The summed E-state index contributed by atoms with van der Waals surface area (Å²) in [6.45, 7) is 3.73. The van der Waals surface area contributed by atoms with Crippen molar-refractivity contribution >= 4 is 5.95 Å². The van der Waals surface area contributed by atoms with Crippen molar-refractivity contribution in [2.45, 2.75) is 19.4 Å². The van der Waals surface area contributed by atoms with E-state index in [4.69, 9.17) is 4.42 Å². The summed E-state index contributed by atoms with van der Waals surface area (Å²) >= 11 is 0. The molecule has 3 rings (SSSR count). The van der Waals surface area contributed by atoms with Crippen LogP contribution in [0.15, 0.2) is 46.9 Å². The predicted molar refractivity (Wildman–Crippen MR) is 80.7 cm³/mol. The molecule has 22 heavy (non-hydrogen) atoms. The van der Waals surface area contributed by atoms with Crippen LogP contribution in [0.2, 0.25) is 0 Å². The smallest absolute Gasteiger partial charge is 0.247 e. The number of para-hydroxylation sites is 1. The van der Waals surface area contributed by atoms with Crippen LogP contribution < -0.4 is 5.32 Å². The number of hydrogen-bond donors (Lipinski definition) is 2. The lowest BCUT2D eigenvalue weighted by molar-refractivity contribution is 0.0466. The Labute approximate surface area is 127 Å². The molecule has 7 heteroatoms. The Bertz CT molecular complexity index is 748. The van der Waals surface area contributed by atoms with Gasteiger partial charge in [0, 0.05) is 0 Å². The standard InChI is InChI=1S/C15H17N5O2/c1-11-8-9-13(22-11)15(2,21)10-16-14-17-18-19-20(14)12-6-4-3-5-7-12/h3-9,21H,10H2,1-2H3,(H,16,17,19). The van der Waals surface area contributed by atoms with Gasteiger partial charge in [-0.15, -0.1) is 0 Å².